The van der Waals surface area contributed by atoms with Crippen LogP contribution in [0.2, 0.25) is 0 Å². The monoisotopic (exact) mass is 225 g/mol. The van der Waals surface area contributed by atoms with Gasteiger partial charge in [0.05, 0.1) is 0 Å². The van der Waals surface area contributed by atoms with Crippen molar-refractivity contribution in [2.75, 3.05) is 6.54 Å². The summed E-state index contributed by atoms with van der Waals surface area (Å²) in [4.78, 5) is 0. The van der Waals surface area contributed by atoms with E-state index in [1.807, 2.05) is 17.8 Å². The molecule has 0 amide bonds. The maximum Gasteiger partial charge on any atom is 0.123 e. The van der Waals surface area contributed by atoms with Gasteiger partial charge in [-0.25, -0.2) is 4.39 Å². The summed E-state index contributed by atoms with van der Waals surface area (Å²) in [5.41, 5.74) is 2.41. The molecule has 1 heterocycles. The van der Waals surface area contributed by atoms with Gasteiger partial charge in [-0.15, -0.1) is 0 Å². The lowest BCUT2D eigenvalue weighted by atomic mass is 9.98. The van der Waals surface area contributed by atoms with Crippen LogP contribution in [0.25, 0.3) is 0 Å². The van der Waals surface area contributed by atoms with Crippen molar-refractivity contribution in [1.82, 2.24) is 5.32 Å². The van der Waals surface area contributed by atoms with Crippen LogP contribution >= 0.6 is 11.8 Å². The van der Waals surface area contributed by atoms with Crippen molar-refractivity contribution in [2.45, 2.75) is 30.9 Å². The number of hydrogen-bond donors (Lipinski definition) is 1. The number of benzene rings is 1. The fraction of sp³-hybridized carbons (Fsp3) is 0.500. The molecule has 2 rings (SSSR count). The van der Waals surface area contributed by atoms with Crippen LogP contribution in [0, 0.1) is 5.82 Å². The van der Waals surface area contributed by atoms with Crippen molar-refractivity contribution in [2.24, 2.45) is 0 Å². The molecule has 1 N–H and O–H groups in total. The molecule has 0 spiro atoms. The zero-order valence-corrected chi connectivity index (χ0v) is 9.90. The standard InChI is InChI=1S/C12H16FNS/c1-3-14-12-8(2)15-7-9-4-5-10(13)6-11(9)12/h4-6,8,12,14H,3,7H2,1-2H3. The maximum absolute atomic E-state index is 13.2. The smallest absolute Gasteiger partial charge is 0.123 e. The van der Waals surface area contributed by atoms with E-state index in [-0.39, 0.29) is 5.82 Å². The normalized spacial score (nSPS) is 25.0. The molecule has 82 valence electrons. The van der Waals surface area contributed by atoms with E-state index >= 15 is 0 Å². The van der Waals surface area contributed by atoms with Crippen molar-refractivity contribution in [3.05, 3.63) is 35.1 Å². The molecular weight excluding hydrogens is 209 g/mol. The molecule has 0 saturated heterocycles. The topological polar surface area (TPSA) is 12.0 Å². The molecule has 0 fully saturated rings. The molecule has 15 heavy (non-hydrogen) atoms. The van der Waals surface area contributed by atoms with E-state index in [1.54, 1.807) is 12.1 Å². The summed E-state index contributed by atoms with van der Waals surface area (Å²) in [6.45, 7) is 5.21. The second-order valence-electron chi connectivity index (χ2n) is 3.89. The van der Waals surface area contributed by atoms with Gasteiger partial charge in [-0.2, -0.15) is 11.8 Å². The number of rotatable bonds is 2. The molecule has 0 aromatic heterocycles. The average molecular weight is 225 g/mol. The molecule has 2 unspecified atom stereocenters. The van der Waals surface area contributed by atoms with Crippen LogP contribution in [0.3, 0.4) is 0 Å². The first-order valence-corrected chi connectivity index (χ1v) is 6.40. The van der Waals surface area contributed by atoms with E-state index in [0.717, 1.165) is 17.9 Å². The third-order valence-corrected chi connectivity index (χ3v) is 4.11. The van der Waals surface area contributed by atoms with Gasteiger partial charge in [0.1, 0.15) is 5.82 Å². The lowest BCUT2D eigenvalue weighted by molar-refractivity contribution is 0.533. The van der Waals surface area contributed by atoms with E-state index in [4.69, 9.17) is 0 Å². The first kappa shape index (κ1) is 11.0. The molecule has 1 aromatic rings. The minimum absolute atomic E-state index is 0.129. The first-order valence-electron chi connectivity index (χ1n) is 5.35. The Balaban J connectivity index is 2.36. The molecule has 0 saturated carbocycles. The van der Waals surface area contributed by atoms with Gasteiger partial charge < -0.3 is 5.32 Å². The van der Waals surface area contributed by atoms with Crippen LogP contribution in [0.1, 0.15) is 31.0 Å². The summed E-state index contributed by atoms with van der Waals surface area (Å²) in [6, 6.07) is 5.44. The fourth-order valence-corrected chi connectivity index (χ4v) is 3.19. The van der Waals surface area contributed by atoms with E-state index in [2.05, 4.69) is 19.2 Å². The summed E-state index contributed by atoms with van der Waals surface area (Å²) < 4.78 is 13.2. The molecule has 3 heteroatoms. The van der Waals surface area contributed by atoms with Crippen LogP contribution < -0.4 is 5.32 Å². The largest absolute Gasteiger partial charge is 0.309 e. The van der Waals surface area contributed by atoms with Gasteiger partial charge in [-0.1, -0.05) is 19.9 Å². The van der Waals surface area contributed by atoms with E-state index in [0.29, 0.717) is 11.3 Å². The molecule has 0 aliphatic carbocycles. The van der Waals surface area contributed by atoms with Crippen molar-refractivity contribution < 1.29 is 4.39 Å². The van der Waals surface area contributed by atoms with Crippen LogP contribution in [0.5, 0.6) is 0 Å². The Morgan fingerprint density at radius 2 is 2.33 bits per heavy atom. The van der Waals surface area contributed by atoms with Gasteiger partial charge in [0.25, 0.3) is 0 Å². The van der Waals surface area contributed by atoms with Gasteiger partial charge in [0, 0.05) is 17.0 Å². The highest BCUT2D eigenvalue weighted by Gasteiger charge is 2.26. The summed E-state index contributed by atoms with van der Waals surface area (Å²) in [5.74, 6) is 0.870. The van der Waals surface area contributed by atoms with Gasteiger partial charge in [-0.05, 0) is 29.8 Å². The number of hydrogen-bond acceptors (Lipinski definition) is 2. The third kappa shape index (κ3) is 2.18. The summed E-state index contributed by atoms with van der Waals surface area (Å²) >= 11 is 1.93. The number of nitrogens with one attached hydrogen (secondary N) is 1. The number of fused-ring (bicyclic) bond motifs is 1. The average Bonchev–Trinajstić information content (AvgIpc) is 2.23. The Morgan fingerprint density at radius 1 is 1.53 bits per heavy atom. The lowest BCUT2D eigenvalue weighted by Crippen LogP contribution is -2.31. The Hall–Kier alpha value is -0.540. The van der Waals surface area contributed by atoms with Crippen molar-refractivity contribution >= 4 is 11.8 Å². The van der Waals surface area contributed by atoms with Crippen molar-refractivity contribution in [3.63, 3.8) is 0 Å². The molecule has 1 nitrogen and oxygen atoms in total. The molecule has 1 aliphatic heterocycles. The van der Waals surface area contributed by atoms with Crippen LogP contribution in [-0.2, 0) is 5.75 Å². The van der Waals surface area contributed by atoms with E-state index in [1.165, 1.54) is 5.56 Å². The predicted octanol–water partition coefficient (Wildman–Crippen LogP) is 3.11. The highest BCUT2D eigenvalue weighted by atomic mass is 32.2. The molecule has 1 aromatic carbocycles. The second-order valence-corrected chi connectivity index (χ2v) is 5.26. The van der Waals surface area contributed by atoms with Crippen molar-refractivity contribution in [1.29, 1.82) is 0 Å². The van der Waals surface area contributed by atoms with Gasteiger partial charge in [0.15, 0.2) is 0 Å². The zero-order valence-electron chi connectivity index (χ0n) is 9.09. The van der Waals surface area contributed by atoms with Crippen LogP contribution in [0.15, 0.2) is 18.2 Å². The van der Waals surface area contributed by atoms with E-state index in [9.17, 15) is 4.39 Å². The molecular formula is C12H16FNS. The summed E-state index contributed by atoms with van der Waals surface area (Å²) in [6.07, 6.45) is 0. The third-order valence-electron chi connectivity index (χ3n) is 2.84. The Kier molecular flexibility index (Phi) is 3.32. The Morgan fingerprint density at radius 3 is 3.07 bits per heavy atom. The quantitative estimate of drug-likeness (QED) is 0.830. The van der Waals surface area contributed by atoms with Crippen LogP contribution in [0.4, 0.5) is 4.39 Å². The Bertz CT molecular complexity index is 353. The van der Waals surface area contributed by atoms with Crippen LogP contribution in [-0.4, -0.2) is 11.8 Å². The van der Waals surface area contributed by atoms with Gasteiger partial charge in [-0.3, -0.25) is 0 Å². The van der Waals surface area contributed by atoms with Crippen molar-refractivity contribution in [3.8, 4) is 0 Å². The lowest BCUT2D eigenvalue weighted by Gasteiger charge is -2.31. The minimum atomic E-state index is -0.129. The minimum Gasteiger partial charge on any atom is -0.309 e. The highest BCUT2D eigenvalue weighted by Crippen LogP contribution is 2.37. The highest BCUT2D eigenvalue weighted by molar-refractivity contribution is 7.99. The maximum atomic E-state index is 13.2. The SMILES string of the molecule is CCNC1c2cc(F)ccc2CSC1C. The predicted molar refractivity (Wildman–Crippen MR) is 63.6 cm³/mol. The van der Waals surface area contributed by atoms with E-state index < -0.39 is 0 Å². The molecule has 0 bridgehead atoms. The van der Waals surface area contributed by atoms with Gasteiger partial charge in [0.2, 0.25) is 0 Å². The number of thioether (sulfide) groups is 1. The molecule has 0 radical (unpaired) electrons. The number of halogens is 1. The molecule has 1 aliphatic rings. The first-order chi connectivity index (χ1) is 7.22. The molecule has 2 atom stereocenters. The Labute approximate surface area is 94.5 Å². The summed E-state index contributed by atoms with van der Waals surface area (Å²) in [5, 5.41) is 3.94. The fourth-order valence-electron chi connectivity index (χ4n) is 2.05. The summed E-state index contributed by atoms with van der Waals surface area (Å²) in [7, 11) is 0. The van der Waals surface area contributed by atoms with Gasteiger partial charge >= 0.3 is 0 Å². The second kappa shape index (κ2) is 4.54. The zero-order chi connectivity index (χ0) is 10.8.